The van der Waals surface area contributed by atoms with Gasteiger partial charge in [0.25, 0.3) is 0 Å². The summed E-state index contributed by atoms with van der Waals surface area (Å²) in [6, 6.07) is 7.67. The van der Waals surface area contributed by atoms with E-state index in [-0.39, 0.29) is 11.4 Å². The molecule has 0 aliphatic heterocycles. The van der Waals surface area contributed by atoms with E-state index in [1.165, 1.54) is 25.5 Å². The van der Waals surface area contributed by atoms with E-state index in [0.717, 1.165) is 4.31 Å². The third-order valence-corrected chi connectivity index (χ3v) is 4.92. The average Bonchev–Trinajstić information content (AvgIpc) is 2.49. The summed E-state index contributed by atoms with van der Waals surface area (Å²) in [5.74, 6) is -0.431. The molecule has 1 aromatic heterocycles. The number of hydrogen-bond acceptors (Lipinski definition) is 4. The van der Waals surface area contributed by atoms with Crippen LogP contribution in [0, 0.1) is 5.82 Å². The lowest BCUT2D eigenvalue weighted by Crippen LogP contribution is -2.27. The van der Waals surface area contributed by atoms with E-state index < -0.39 is 15.8 Å². The lowest BCUT2D eigenvalue weighted by Gasteiger charge is -2.19. The Morgan fingerprint density at radius 2 is 2.00 bits per heavy atom. The van der Waals surface area contributed by atoms with Crippen LogP contribution in [-0.2, 0) is 16.6 Å². The van der Waals surface area contributed by atoms with Crippen molar-refractivity contribution in [3.63, 3.8) is 0 Å². The lowest BCUT2D eigenvalue weighted by molar-refractivity contribution is 0.456. The van der Waals surface area contributed by atoms with Gasteiger partial charge in [0.15, 0.2) is 0 Å². The van der Waals surface area contributed by atoms with Crippen LogP contribution < -0.4 is 5.32 Å². The standard InChI is InChI=1S/C14H16FN3O2S/c1-16-13-7-8-17-9-14(13)21(19,20)18(2)10-11-5-3-4-6-12(11)15/h3-9H,10H2,1-2H3,(H,16,17). The van der Waals surface area contributed by atoms with Crippen LogP contribution in [0.4, 0.5) is 10.1 Å². The lowest BCUT2D eigenvalue weighted by atomic mass is 10.2. The Labute approximate surface area is 123 Å². The van der Waals surface area contributed by atoms with Crippen molar-refractivity contribution in [3.05, 3.63) is 54.1 Å². The predicted octanol–water partition coefficient (Wildman–Crippen LogP) is 2.08. The first kappa shape index (κ1) is 15.4. The zero-order valence-electron chi connectivity index (χ0n) is 11.7. The second-order valence-corrected chi connectivity index (χ2v) is 6.49. The van der Waals surface area contributed by atoms with Gasteiger partial charge in [-0.25, -0.2) is 12.8 Å². The van der Waals surface area contributed by atoms with Gasteiger partial charge in [0, 0.05) is 38.6 Å². The minimum Gasteiger partial charge on any atom is -0.387 e. The zero-order chi connectivity index (χ0) is 15.5. The van der Waals surface area contributed by atoms with Crippen LogP contribution in [0.15, 0.2) is 47.6 Å². The zero-order valence-corrected chi connectivity index (χ0v) is 12.6. The van der Waals surface area contributed by atoms with Gasteiger partial charge < -0.3 is 5.32 Å². The molecule has 1 aromatic carbocycles. The molecule has 0 aliphatic carbocycles. The summed E-state index contributed by atoms with van der Waals surface area (Å²) in [5.41, 5.74) is 0.767. The number of rotatable bonds is 5. The molecule has 1 heterocycles. The maximum atomic E-state index is 13.6. The van der Waals surface area contributed by atoms with E-state index in [1.54, 1.807) is 31.3 Å². The molecule has 0 atom stereocenters. The Bertz CT molecular complexity index is 735. The van der Waals surface area contributed by atoms with E-state index in [4.69, 9.17) is 0 Å². The van der Waals surface area contributed by atoms with E-state index in [2.05, 4.69) is 10.3 Å². The molecular weight excluding hydrogens is 293 g/mol. The highest BCUT2D eigenvalue weighted by Crippen LogP contribution is 2.23. The number of sulfonamides is 1. The summed E-state index contributed by atoms with van der Waals surface area (Å²) in [7, 11) is -0.714. The maximum Gasteiger partial charge on any atom is 0.246 e. The molecule has 112 valence electrons. The molecule has 21 heavy (non-hydrogen) atoms. The molecule has 0 radical (unpaired) electrons. The average molecular weight is 309 g/mol. The van der Waals surface area contributed by atoms with Crippen LogP contribution in [-0.4, -0.2) is 31.8 Å². The second kappa shape index (κ2) is 6.19. The van der Waals surface area contributed by atoms with Crippen molar-refractivity contribution in [3.8, 4) is 0 Å². The van der Waals surface area contributed by atoms with Gasteiger partial charge in [0.2, 0.25) is 10.0 Å². The quantitative estimate of drug-likeness (QED) is 0.918. The highest BCUT2D eigenvalue weighted by atomic mass is 32.2. The van der Waals surface area contributed by atoms with Crippen molar-refractivity contribution in [2.24, 2.45) is 0 Å². The molecule has 2 rings (SSSR count). The number of benzene rings is 1. The SMILES string of the molecule is CNc1ccncc1S(=O)(=O)N(C)Cc1ccccc1F. The number of anilines is 1. The van der Waals surface area contributed by atoms with E-state index in [1.807, 2.05) is 0 Å². The van der Waals surface area contributed by atoms with Gasteiger partial charge in [-0.2, -0.15) is 4.31 Å². The number of hydrogen-bond donors (Lipinski definition) is 1. The normalized spacial score (nSPS) is 11.6. The summed E-state index contributed by atoms with van der Waals surface area (Å²) < 4.78 is 39.8. The molecule has 0 saturated heterocycles. The topological polar surface area (TPSA) is 62.3 Å². The molecule has 0 bridgehead atoms. The van der Waals surface area contributed by atoms with Gasteiger partial charge in [0.05, 0.1) is 5.69 Å². The Kier molecular flexibility index (Phi) is 4.54. The number of aromatic nitrogens is 1. The van der Waals surface area contributed by atoms with Crippen molar-refractivity contribution >= 4 is 15.7 Å². The Morgan fingerprint density at radius 3 is 2.67 bits per heavy atom. The van der Waals surface area contributed by atoms with Crippen LogP contribution in [0.2, 0.25) is 0 Å². The second-order valence-electron chi connectivity index (χ2n) is 4.47. The fourth-order valence-corrected chi connectivity index (χ4v) is 3.20. The number of nitrogens with zero attached hydrogens (tertiary/aromatic N) is 2. The molecular formula is C14H16FN3O2S. The molecule has 0 unspecified atom stereocenters. The highest BCUT2D eigenvalue weighted by Gasteiger charge is 2.24. The number of nitrogens with one attached hydrogen (secondary N) is 1. The predicted molar refractivity (Wildman–Crippen MR) is 78.8 cm³/mol. The van der Waals surface area contributed by atoms with Gasteiger partial charge in [-0.15, -0.1) is 0 Å². The third kappa shape index (κ3) is 3.20. The Morgan fingerprint density at radius 1 is 1.29 bits per heavy atom. The van der Waals surface area contributed by atoms with Gasteiger partial charge in [0.1, 0.15) is 10.7 Å². The number of pyridine rings is 1. The van der Waals surface area contributed by atoms with Crippen molar-refractivity contribution < 1.29 is 12.8 Å². The van der Waals surface area contributed by atoms with Crippen molar-refractivity contribution in [2.75, 3.05) is 19.4 Å². The Balaban J connectivity index is 2.33. The fourth-order valence-electron chi connectivity index (χ4n) is 1.91. The van der Waals surface area contributed by atoms with Gasteiger partial charge in [-0.1, -0.05) is 18.2 Å². The summed E-state index contributed by atoms with van der Waals surface area (Å²) >= 11 is 0. The molecule has 0 aliphatic rings. The molecule has 0 spiro atoms. The smallest absolute Gasteiger partial charge is 0.246 e. The summed E-state index contributed by atoms with van der Waals surface area (Å²) in [6.45, 7) is -0.0486. The minimum absolute atomic E-state index is 0.0486. The molecule has 0 saturated carbocycles. The summed E-state index contributed by atoms with van der Waals surface area (Å²) in [6.07, 6.45) is 2.78. The minimum atomic E-state index is -3.76. The first-order valence-corrected chi connectivity index (χ1v) is 7.72. The first-order valence-electron chi connectivity index (χ1n) is 6.28. The van der Waals surface area contributed by atoms with Crippen molar-refractivity contribution in [1.82, 2.24) is 9.29 Å². The van der Waals surface area contributed by atoms with E-state index in [9.17, 15) is 12.8 Å². The molecule has 0 amide bonds. The van der Waals surface area contributed by atoms with Crippen molar-refractivity contribution in [1.29, 1.82) is 0 Å². The van der Waals surface area contributed by atoms with Gasteiger partial charge in [-0.3, -0.25) is 4.98 Å². The van der Waals surface area contributed by atoms with Crippen LogP contribution in [0.1, 0.15) is 5.56 Å². The maximum absolute atomic E-state index is 13.6. The van der Waals surface area contributed by atoms with Crippen molar-refractivity contribution in [2.45, 2.75) is 11.4 Å². The fraction of sp³-hybridized carbons (Fsp3) is 0.214. The van der Waals surface area contributed by atoms with E-state index in [0.29, 0.717) is 11.3 Å². The number of halogens is 1. The van der Waals surface area contributed by atoms with Crippen LogP contribution in [0.3, 0.4) is 0 Å². The first-order chi connectivity index (χ1) is 9.96. The molecule has 7 heteroatoms. The Hall–Kier alpha value is -1.99. The van der Waals surface area contributed by atoms with Crippen LogP contribution in [0.5, 0.6) is 0 Å². The van der Waals surface area contributed by atoms with Crippen LogP contribution in [0.25, 0.3) is 0 Å². The largest absolute Gasteiger partial charge is 0.387 e. The van der Waals surface area contributed by atoms with E-state index >= 15 is 0 Å². The highest BCUT2D eigenvalue weighted by molar-refractivity contribution is 7.89. The summed E-state index contributed by atoms with van der Waals surface area (Å²) in [5, 5.41) is 2.81. The van der Waals surface area contributed by atoms with Gasteiger partial charge in [-0.05, 0) is 12.1 Å². The monoisotopic (exact) mass is 309 g/mol. The van der Waals surface area contributed by atoms with Gasteiger partial charge >= 0.3 is 0 Å². The molecule has 2 aromatic rings. The summed E-state index contributed by atoms with van der Waals surface area (Å²) in [4.78, 5) is 3.91. The molecule has 5 nitrogen and oxygen atoms in total. The third-order valence-electron chi connectivity index (χ3n) is 3.09. The molecule has 1 N–H and O–H groups in total. The van der Waals surface area contributed by atoms with Crippen LogP contribution >= 0.6 is 0 Å². The molecule has 0 fully saturated rings.